The van der Waals surface area contributed by atoms with E-state index in [-0.39, 0.29) is 0 Å². The van der Waals surface area contributed by atoms with Crippen molar-refractivity contribution >= 4 is 0 Å². The summed E-state index contributed by atoms with van der Waals surface area (Å²) in [5.74, 6) is 0.982. The summed E-state index contributed by atoms with van der Waals surface area (Å²) in [7, 11) is 1.74. The molecule has 2 unspecified atom stereocenters. The molecule has 4 nitrogen and oxygen atoms in total. The third-order valence-electron chi connectivity index (χ3n) is 4.68. The molecule has 1 N–H and O–H groups in total. The number of nitrogens with one attached hydrogen (secondary N) is 1. The molecular weight excluding hydrogens is 262 g/mol. The third kappa shape index (κ3) is 3.55. The maximum absolute atomic E-state index is 5.53. The van der Waals surface area contributed by atoms with Crippen LogP contribution in [-0.2, 0) is 6.54 Å². The molecule has 0 spiro atoms. The highest BCUT2D eigenvalue weighted by molar-refractivity contribution is 5.41. The Kier molecular flexibility index (Phi) is 5.59. The average molecular weight is 291 g/mol. The number of ether oxygens (including phenoxy) is 1. The van der Waals surface area contributed by atoms with Crippen molar-refractivity contribution in [2.45, 2.75) is 59.2 Å². The van der Waals surface area contributed by atoms with Crippen molar-refractivity contribution in [2.24, 2.45) is 0 Å². The fraction of sp³-hybridized carbons (Fsp3) is 0.706. The summed E-state index contributed by atoms with van der Waals surface area (Å²) in [6.45, 7) is 11.8. The maximum Gasteiger partial charge on any atom is 0.128 e. The second kappa shape index (κ2) is 7.23. The zero-order chi connectivity index (χ0) is 15.4. The number of piperazine rings is 1. The van der Waals surface area contributed by atoms with Crippen LogP contribution in [0.4, 0.5) is 0 Å². The van der Waals surface area contributed by atoms with E-state index in [2.05, 4.69) is 42.9 Å². The van der Waals surface area contributed by atoms with Crippen LogP contribution in [0, 0.1) is 13.8 Å². The Balaban J connectivity index is 2.19. The van der Waals surface area contributed by atoms with Gasteiger partial charge in [0.05, 0.1) is 12.8 Å². The largest absolute Gasteiger partial charge is 0.496 e. The fourth-order valence-corrected chi connectivity index (χ4v) is 3.22. The van der Waals surface area contributed by atoms with E-state index in [1.165, 1.54) is 18.4 Å². The van der Waals surface area contributed by atoms with Gasteiger partial charge in [0.15, 0.2) is 0 Å². The van der Waals surface area contributed by atoms with Gasteiger partial charge < -0.3 is 10.1 Å². The first-order chi connectivity index (χ1) is 10.1. The summed E-state index contributed by atoms with van der Waals surface area (Å²) >= 11 is 0. The molecule has 1 aromatic rings. The van der Waals surface area contributed by atoms with E-state index in [1.807, 2.05) is 6.20 Å². The molecule has 0 amide bonds. The van der Waals surface area contributed by atoms with Gasteiger partial charge in [0, 0.05) is 49.0 Å². The average Bonchev–Trinajstić information content (AvgIpc) is 2.50. The quantitative estimate of drug-likeness (QED) is 0.905. The van der Waals surface area contributed by atoms with Gasteiger partial charge in [0.2, 0.25) is 0 Å². The minimum atomic E-state index is 0.598. The minimum absolute atomic E-state index is 0.598. The Morgan fingerprint density at radius 2 is 2.10 bits per heavy atom. The lowest BCUT2D eigenvalue weighted by molar-refractivity contribution is 0.115. The van der Waals surface area contributed by atoms with Crippen molar-refractivity contribution in [2.75, 3.05) is 20.2 Å². The number of hydrogen-bond donors (Lipinski definition) is 1. The summed E-state index contributed by atoms with van der Waals surface area (Å²) in [5, 5.41) is 3.65. The first kappa shape index (κ1) is 16.2. The van der Waals surface area contributed by atoms with E-state index >= 15 is 0 Å². The van der Waals surface area contributed by atoms with Gasteiger partial charge in [-0.05, 0) is 26.7 Å². The highest BCUT2D eigenvalue weighted by Gasteiger charge is 2.26. The van der Waals surface area contributed by atoms with E-state index in [1.54, 1.807) is 7.11 Å². The van der Waals surface area contributed by atoms with Gasteiger partial charge in [-0.25, -0.2) is 0 Å². The normalized spacial score (nSPS) is 23.3. The molecule has 4 heteroatoms. The molecule has 2 heterocycles. The number of hydrogen-bond acceptors (Lipinski definition) is 4. The molecule has 0 bridgehead atoms. The van der Waals surface area contributed by atoms with Gasteiger partial charge in [-0.1, -0.05) is 13.8 Å². The van der Waals surface area contributed by atoms with Gasteiger partial charge in [-0.15, -0.1) is 0 Å². The summed E-state index contributed by atoms with van der Waals surface area (Å²) in [6, 6.07) is 1.20. The van der Waals surface area contributed by atoms with Gasteiger partial charge >= 0.3 is 0 Å². The second-order valence-electron chi connectivity index (χ2n) is 6.05. The van der Waals surface area contributed by atoms with Crippen LogP contribution in [0.2, 0.25) is 0 Å². The molecular formula is C17H29N3O. The van der Waals surface area contributed by atoms with Gasteiger partial charge in [0.1, 0.15) is 5.75 Å². The van der Waals surface area contributed by atoms with Crippen LogP contribution in [0.15, 0.2) is 6.20 Å². The predicted octanol–water partition coefficient (Wildman–Crippen LogP) is 2.67. The lowest BCUT2D eigenvalue weighted by Gasteiger charge is -2.40. The number of aromatic nitrogens is 1. The lowest BCUT2D eigenvalue weighted by atomic mass is 10.0. The second-order valence-corrected chi connectivity index (χ2v) is 6.05. The molecule has 0 aliphatic carbocycles. The molecule has 118 valence electrons. The molecule has 0 radical (unpaired) electrons. The Morgan fingerprint density at radius 3 is 2.71 bits per heavy atom. The first-order valence-corrected chi connectivity index (χ1v) is 8.07. The van der Waals surface area contributed by atoms with Crippen LogP contribution in [-0.4, -0.2) is 42.2 Å². The SMILES string of the molecule is CCC1CN(Cc2ncc(C)c(OC)c2C)C(CC)CN1. The Morgan fingerprint density at radius 1 is 1.33 bits per heavy atom. The van der Waals surface area contributed by atoms with E-state index in [0.717, 1.165) is 36.6 Å². The lowest BCUT2D eigenvalue weighted by Crippen LogP contribution is -2.55. The summed E-state index contributed by atoms with van der Waals surface area (Å²) in [6.07, 6.45) is 4.28. The first-order valence-electron chi connectivity index (χ1n) is 8.07. The number of rotatable bonds is 5. The van der Waals surface area contributed by atoms with Crippen LogP contribution in [0.1, 0.15) is 43.5 Å². The minimum Gasteiger partial charge on any atom is -0.496 e. The van der Waals surface area contributed by atoms with E-state index < -0.39 is 0 Å². The van der Waals surface area contributed by atoms with Crippen LogP contribution >= 0.6 is 0 Å². The van der Waals surface area contributed by atoms with E-state index in [9.17, 15) is 0 Å². The molecule has 1 aliphatic rings. The van der Waals surface area contributed by atoms with Crippen molar-refractivity contribution < 1.29 is 4.74 Å². The van der Waals surface area contributed by atoms with Gasteiger partial charge in [0.25, 0.3) is 0 Å². The zero-order valence-corrected chi connectivity index (χ0v) is 14.1. The Labute approximate surface area is 128 Å². The number of nitrogens with zero attached hydrogens (tertiary/aromatic N) is 2. The molecule has 0 aromatic carbocycles. The summed E-state index contributed by atoms with van der Waals surface area (Å²) < 4.78 is 5.53. The smallest absolute Gasteiger partial charge is 0.128 e. The van der Waals surface area contributed by atoms with Crippen LogP contribution in [0.5, 0.6) is 5.75 Å². The molecule has 0 saturated carbocycles. The van der Waals surface area contributed by atoms with Crippen LogP contribution < -0.4 is 10.1 Å². The molecule has 2 rings (SSSR count). The summed E-state index contributed by atoms with van der Waals surface area (Å²) in [5.41, 5.74) is 3.43. The molecule has 1 saturated heterocycles. The predicted molar refractivity (Wildman–Crippen MR) is 86.8 cm³/mol. The Bertz CT molecular complexity index is 475. The van der Waals surface area contributed by atoms with Crippen molar-refractivity contribution in [3.8, 4) is 5.75 Å². The van der Waals surface area contributed by atoms with Crippen molar-refractivity contribution in [3.63, 3.8) is 0 Å². The summed E-state index contributed by atoms with van der Waals surface area (Å²) in [4.78, 5) is 7.24. The van der Waals surface area contributed by atoms with E-state index in [4.69, 9.17) is 4.74 Å². The zero-order valence-electron chi connectivity index (χ0n) is 14.1. The molecule has 21 heavy (non-hydrogen) atoms. The standard InChI is InChI=1S/C17H29N3O/c1-6-14-10-20(15(7-2)9-18-14)11-16-13(4)17(21-5)12(3)8-19-16/h8,14-15,18H,6-7,9-11H2,1-5H3. The van der Waals surface area contributed by atoms with Crippen molar-refractivity contribution in [1.82, 2.24) is 15.2 Å². The third-order valence-corrected chi connectivity index (χ3v) is 4.68. The van der Waals surface area contributed by atoms with Gasteiger partial charge in [-0.3, -0.25) is 9.88 Å². The van der Waals surface area contributed by atoms with E-state index in [0.29, 0.717) is 12.1 Å². The topological polar surface area (TPSA) is 37.4 Å². The van der Waals surface area contributed by atoms with Crippen LogP contribution in [0.25, 0.3) is 0 Å². The number of methoxy groups -OCH3 is 1. The van der Waals surface area contributed by atoms with Crippen molar-refractivity contribution in [3.05, 3.63) is 23.0 Å². The molecule has 1 aliphatic heterocycles. The van der Waals surface area contributed by atoms with Crippen molar-refractivity contribution in [1.29, 1.82) is 0 Å². The monoisotopic (exact) mass is 291 g/mol. The number of aryl methyl sites for hydroxylation is 1. The Hall–Kier alpha value is -1.13. The number of pyridine rings is 1. The molecule has 1 fully saturated rings. The highest BCUT2D eigenvalue weighted by Crippen LogP contribution is 2.26. The molecule has 1 aromatic heterocycles. The fourth-order valence-electron chi connectivity index (χ4n) is 3.22. The van der Waals surface area contributed by atoms with Gasteiger partial charge in [-0.2, -0.15) is 0 Å². The molecule has 2 atom stereocenters. The van der Waals surface area contributed by atoms with Crippen LogP contribution in [0.3, 0.4) is 0 Å². The highest BCUT2D eigenvalue weighted by atomic mass is 16.5. The maximum atomic E-state index is 5.53.